The van der Waals surface area contributed by atoms with Gasteiger partial charge in [-0.2, -0.15) is 5.26 Å². The third kappa shape index (κ3) is 2.68. The molecule has 0 aliphatic carbocycles. The van der Waals surface area contributed by atoms with Gasteiger partial charge >= 0.3 is 0 Å². The molecule has 0 aromatic heterocycles. The molecular formula is C16H21N3O. The molecule has 1 aliphatic heterocycles. The Morgan fingerprint density at radius 1 is 1.55 bits per heavy atom. The summed E-state index contributed by atoms with van der Waals surface area (Å²) in [5.41, 5.74) is 0.927. The van der Waals surface area contributed by atoms with Crippen molar-refractivity contribution in [3.05, 3.63) is 29.8 Å². The van der Waals surface area contributed by atoms with E-state index in [1.165, 1.54) is 0 Å². The zero-order chi connectivity index (χ0) is 14.6. The number of anilines is 1. The van der Waals surface area contributed by atoms with Crippen molar-refractivity contribution in [3.8, 4) is 6.07 Å². The lowest BCUT2D eigenvalue weighted by Crippen LogP contribution is -2.54. The molecule has 0 spiro atoms. The van der Waals surface area contributed by atoms with Crippen molar-refractivity contribution in [2.24, 2.45) is 0 Å². The van der Waals surface area contributed by atoms with Crippen LogP contribution < -0.4 is 10.2 Å². The first kappa shape index (κ1) is 14.5. The van der Waals surface area contributed by atoms with Crippen molar-refractivity contribution >= 4 is 11.6 Å². The summed E-state index contributed by atoms with van der Waals surface area (Å²) in [5, 5.41) is 12.4. The molecule has 1 aliphatic rings. The quantitative estimate of drug-likeness (QED) is 0.915. The maximum atomic E-state index is 12.8. The summed E-state index contributed by atoms with van der Waals surface area (Å²) < 4.78 is 0. The van der Waals surface area contributed by atoms with Crippen molar-refractivity contribution in [3.63, 3.8) is 0 Å². The third-order valence-electron chi connectivity index (χ3n) is 4.00. The Morgan fingerprint density at radius 3 is 2.95 bits per heavy atom. The van der Waals surface area contributed by atoms with E-state index in [9.17, 15) is 4.79 Å². The summed E-state index contributed by atoms with van der Waals surface area (Å²) in [5.74, 6) is 0.104. The Morgan fingerprint density at radius 2 is 2.35 bits per heavy atom. The highest BCUT2D eigenvalue weighted by atomic mass is 16.2. The Balaban J connectivity index is 2.25. The van der Waals surface area contributed by atoms with Gasteiger partial charge in [0.15, 0.2) is 0 Å². The van der Waals surface area contributed by atoms with Gasteiger partial charge in [0.2, 0.25) is 5.91 Å². The Kier molecular flexibility index (Phi) is 4.41. The van der Waals surface area contributed by atoms with Gasteiger partial charge in [0.1, 0.15) is 0 Å². The Hall–Kier alpha value is -1.86. The fourth-order valence-corrected chi connectivity index (χ4v) is 2.96. The van der Waals surface area contributed by atoms with Crippen molar-refractivity contribution in [2.75, 3.05) is 18.5 Å². The largest absolute Gasteiger partial charge is 0.314 e. The molecule has 1 N–H and O–H groups in total. The van der Waals surface area contributed by atoms with E-state index in [1.54, 1.807) is 24.1 Å². The number of hydrogen-bond acceptors (Lipinski definition) is 3. The van der Waals surface area contributed by atoms with Crippen LogP contribution in [0.1, 0.15) is 38.2 Å². The molecule has 4 heteroatoms. The molecule has 106 valence electrons. The zero-order valence-corrected chi connectivity index (χ0v) is 12.1. The van der Waals surface area contributed by atoms with Gasteiger partial charge in [0.25, 0.3) is 0 Å². The van der Waals surface area contributed by atoms with Crippen molar-refractivity contribution in [2.45, 2.75) is 38.1 Å². The van der Waals surface area contributed by atoms with E-state index in [-0.39, 0.29) is 5.91 Å². The second kappa shape index (κ2) is 6.06. The number of likely N-dealkylation sites (N-methyl/N-ethyl adjacent to an activating group) is 1. The van der Waals surface area contributed by atoms with Crippen LogP contribution in [0.25, 0.3) is 0 Å². The number of benzene rings is 1. The number of hydrogen-bond donors (Lipinski definition) is 1. The van der Waals surface area contributed by atoms with Crippen LogP contribution in [0.2, 0.25) is 0 Å². The fourth-order valence-electron chi connectivity index (χ4n) is 2.96. The van der Waals surface area contributed by atoms with Gasteiger partial charge in [-0.25, -0.2) is 0 Å². The molecule has 1 heterocycles. The maximum absolute atomic E-state index is 12.8. The maximum Gasteiger partial charge on any atom is 0.247 e. The zero-order valence-electron chi connectivity index (χ0n) is 12.1. The van der Waals surface area contributed by atoms with E-state index in [4.69, 9.17) is 5.26 Å². The highest BCUT2D eigenvalue weighted by molar-refractivity contribution is 6.00. The number of carbonyl (C=O) groups excluding carboxylic acids is 1. The molecule has 1 saturated heterocycles. The van der Waals surface area contributed by atoms with E-state index in [2.05, 4.69) is 18.3 Å². The van der Waals surface area contributed by atoms with Crippen molar-refractivity contribution < 1.29 is 4.79 Å². The van der Waals surface area contributed by atoms with Crippen LogP contribution in [0.4, 0.5) is 5.69 Å². The molecule has 1 aromatic carbocycles. The van der Waals surface area contributed by atoms with Crippen LogP contribution in [-0.4, -0.2) is 25.0 Å². The second-order valence-corrected chi connectivity index (χ2v) is 5.39. The van der Waals surface area contributed by atoms with Crippen LogP contribution in [-0.2, 0) is 4.79 Å². The van der Waals surface area contributed by atoms with E-state index in [1.807, 2.05) is 12.1 Å². The molecule has 0 saturated carbocycles. The molecule has 0 bridgehead atoms. The lowest BCUT2D eigenvalue weighted by Gasteiger charge is -2.32. The minimum Gasteiger partial charge on any atom is -0.314 e. The first-order valence-corrected chi connectivity index (χ1v) is 7.16. The summed E-state index contributed by atoms with van der Waals surface area (Å²) >= 11 is 0. The summed E-state index contributed by atoms with van der Waals surface area (Å²) in [7, 11) is 1.79. The molecule has 1 amide bonds. The minimum atomic E-state index is -0.424. The lowest BCUT2D eigenvalue weighted by molar-refractivity contribution is -0.124. The van der Waals surface area contributed by atoms with E-state index < -0.39 is 5.54 Å². The van der Waals surface area contributed by atoms with Crippen molar-refractivity contribution in [1.82, 2.24) is 5.32 Å². The number of amides is 1. The van der Waals surface area contributed by atoms with E-state index in [0.29, 0.717) is 5.56 Å². The van der Waals surface area contributed by atoms with Crippen LogP contribution in [0, 0.1) is 11.3 Å². The van der Waals surface area contributed by atoms with Crippen LogP contribution >= 0.6 is 0 Å². The van der Waals surface area contributed by atoms with Crippen LogP contribution in [0.5, 0.6) is 0 Å². The number of nitriles is 1. The molecule has 1 fully saturated rings. The fraction of sp³-hybridized carbons (Fsp3) is 0.500. The van der Waals surface area contributed by atoms with Crippen LogP contribution in [0.3, 0.4) is 0 Å². The standard InChI is InChI=1S/C16H21N3O/c1-3-8-16(9-5-10-18-16)15(20)19(2)14-7-4-6-13(11-14)12-17/h4,6-7,11,18H,3,5,8-10H2,1-2H3. The molecule has 1 atom stereocenters. The SMILES string of the molecule is CCCC1(C(=O)N(C)c2cccc(C#N)c2)CCCN1. The minimum absolute atomic E-state index is 0.104. The first-order chi connectivity index (χ1) is 9.63. The topological polar surface area (TPSA) is 56.1 Å². The predicted molar refractivity (Wildman–Crippen MR) is 79.4 cm³/mol. The summed E-state index contributed by atoms with van der Waals surface area (Å²) in [4.78, 5) is 14.5. The number of rotatable bonds is 4. The Bertz CT molecular complexity index is 527. The molecule has 0 radical (unpaired) electrons. The molecule has 1 aromatic rings. The van der Waals surface area contributed by atoms with E-state index >= 15 is 0 Å². The van der Waals surface area contributed by atoms with Gasteiger partial charge in [-0.05, 0) is 44.0 Å². The van der Waals surface area contributed by atoms with Gasteiger partial charge in [0, 0.05) is 12.7 Å². The number of nitrogens with one attached hydrogen (secondary N) is 1. The normalized spacial score (nSPS) is 21.4. The summed E-state index contributed by atoms with van der Waals surface area (Å²) in [6, 6.07) is 9.30. The van der Waals surface area contributed by atoms with Crippen LogP contribution in [0.15, 0.2) is 24.3 Å². The first-order valence-electron chi connectivity index (χ1n) is 7.16. The Labute approximate surface area is 120 Å². The smallest absolute Gasteiger partial charge is 0.247 e. The van der Waals surface area contributed by atoms with Gasteiger partial charge in [-0.3, -0.25) is 4.79 Å². The predicted octanol–water partition coefficient (Wildman–Crippen LogP) is 2.44. The van der Waals surface area contributed by atoms with Crippen molar-refractivity contribution in [1.29, 1.82) is 5.26 Å². The molecule has 20 heavy (non-hydrogen) atoms. The average Bonchev–Trinajstić information content (AvgIpc) is 2.96. The number of carbonyl (C=O) groups is 1. The highest BCUT2D eigenvalue weighted by Crippen LogP contribution is 2.28. The third-order valence-corrected chi connectivity index (χ3v) is 4.00. The van der Waals surface area contributed by atoms with E-state index in [0.717, 1.165) is 37.9 Å². The summed E-state index contributed by atoms with van der Waals surface area (Å²) in [6.45, 7) is 3.00. The molecule has 1 unspecified atom stereocenters. The molecule has 4 nitrogen and oxygen atoms in total. The highest BCUT2D eigenvalue weighted by Gasteiger charge is 2.41. The lowest BCUT2D eigenvalue weighted by atomic mass is 9.90. The molecule has 2 rings (SSSR count). The number of nitrogens with zero attached hydrogens (tertiary/aromatic N) is 2. The van der Waals surface area contributed by atoms with Gasteiger partial charge < -0.3 is 10.2 Å². The van der Waals surface area contributed by atoms with Gasteiger partial charge in [-0.1, -0.05) is 19.4 Å². The second-order valence-electron chi connectivity index (χ2n) is 5.39. The van der Waals surface area contributed by atoms with Gasteiger partial charge in [0.05, 0.1) is 17.2 Å². The summed E-state index contributed by atoms with van der Waals surface area (Å²) in [6.07, 6.45) is 3.76. The average molecular weight is 271 g/mol. The monoisotopic (exact) mass is 271 g/mol. The molecular weight excluding hydrogens is 250 g/mol. The van der Waals surface area contributed by atoms with Gasteiger partial charge in [-0.15, -0.1) is 0 Å².